The van der Waals surface area contributed by atoms with Gasteiger partial charge in [0.15, 0.2) is 0 Å². The molecule has 0 bridgehead atoms. The van der Waals surface area contributed by atoms with Gasteiger partial charge in [-0.25, -0.2) is 8.42 Å². The lowest BCUT2D eigenvalue weighted by atomic mass is 10.1. The van der Waals surface area contributed by atoms with Gasteiger partial charge in [-0.05, 0) is 60.4 Å². The molecule has 3 aromatic carbocycles. The maximum atomic E-state index is 12.9. The van der Waals surface area contributed by atoms with E-state index >= 15 is 0 Å². The molecule has 8 nitrogen and oxygen atoms in total. The maximum absolute atomic E-state index is 12.9. The van der Waals surface area contributed by atoms with Crippen molar-refractivity contribution in [2.45, 2.75) is 24.2 Å². The molecule has 3 rings (SSSR count). The smallest absolute Gasteiger partial charge is 0.303 e. The molecule has 0 unspecified atom stereocenters. The molecule has 0 saturated heterocycles. The van der Waals surface area contributed by atoms with Gasteiger partial charge >= 0.3 is 5.97 Å². The van der Waals surface area contributed by atoms with Gasteiger partial charge in [0.1, 0.15) is 5.75 Å². The number of sulfonamides is 1. The minimum absolute atomic E-state index is 0.0151. The Bertz CT molecular complexity index is 1240. The molecule has 34 heavy (non-hydrogen) atoms. The number of methoxy groups -OCH3 is 1. The van der Waals surface area contributed by atoms with Crippen molar-refractivity contribution in [2.75, 3.05) is 18.4 Å². The average Bonchev–Trinajstić information content (AvgIpc) is 2.83. The second kappa shape index (κ2) is 11.3. The van der Waals surface area contributed by atoms with E-state index < -0.39 is 21.9 Å². The number of hydrogen-bond acceptors (Lipinski definition) is 5. The van der Waals surface area contributed by atoms with Crippen LogP contribution in [-0.2, 0) is 27.7 Å². The summed E-state index contributed by atoms with van der Waals surface area (Å²) in [7, 11) is -2.35. The molecule has 0 spiro atoms. The van der Waals surface area contributed by atoms with E-state index in [1.807, 2.05) is 24.3 Å². The van der Waals surface area contributed by atoms with E-state index in [0.717, 1.165) is 16.9 Å². The fourth-order valence-electron chi connectivity index (χ4n) is 3.27. The van der Waals surface area contributed by atoms with Crippen LogP contribution in [-0.4, -0.2) is 39.1 Å². The number of rotatable bonds is 11. The molecule has 0 saturated carbocycles. The number of para-hydroxylation sites is 1. The summed E-state index contributed by atoms with van der Waals surface area (Å²) in [6.45, 7) is 0.379. The minimum Gasteiger partial charge on any atom is -0.497 e. The van der Waals surface area contributed by atoms with Gasteiger partial charge in [0.2, 0.25) is 0 Å². The number of anilines is 1. The van der Waals surface area contributed by atoms with E-state index in [-0.39, 0.29) is 22.6 Å². The third kappa shape index (κ3) is 6.82. The Balaban J connectivity index is 1.65. The van der Waals surface area contributed by atoms with Crippen LogP contribution in [0.1, 0.15) is 27.9 Å². The van der Waals surface area contributed by atoms with Crippen molar-refractivity contribution in [1.82, 2.24) is 5.32 Å². The van der Waals surface area contributed by atoms with Gasteiger partial charge < -0.3 is 15.2 Å². The number of carboxylic acids is 1. The van der Waals surface area contributed by atoms with Crippen LogP contribution in [0.4, 0.5) is 5.69 Å². The molecule has 0 radical (unpaired) electrons. The number of aryl methyl sites for hydroxylation is 1. The minimum atomic E-state index is -3.95. The number of hydrogen-bond donors (Lipinski definition) is 3. The Kier molecular flexibility index (Phi) is 8.26. The maximum Gasteiger partial charge on any atom is 0.303 e. The third-order valence-corrected chi connectivity index (χ3v) is 6.52. The normalized spacial score (nSPS) is 11.0. The molecule has 0 aliphatic heterocycles. The number of aliphatic carboxylic acids is 1. The van der Waals surface area contributed by atoms with Crippen molar-refractivity contribution >= 4 is 27.6 Å². The highest BCUT2D eigenvalue weighted by Gasteiger charge is 2.18. The Morgan fingerprint density at radius 2 is 1.50 bits per heavy atom. The van der Waals surface area contributed by atoms with Crippen molar-refractivity contribution in [3.8, 4) is 5.75 Å². The van der Waals surface area contributed by atoms with Crippen LogP contribution in [0.5, 0.6) is 5.75 Å². The zero-order chi connectivity index (χ0) is 24.6. The second-order valence-electron chi connectivity index (χ2n) is 7.54. The fraction of sp³-hybridized carbons (Fsp3) is 0.200. The topological polar surface area (TPSA) is 122 Å². The average molecular weight is 483 g/mol. The van der Waals surface area contributed by atoms with Crippen LogP contribution in [0.2, 0.25) is 0 Å². The highest BCUT2D eigenvalue weighted by atomic mass is 32.2. The number of benzene rings is 3. The largest absolute Gasteiger partial charge is 0.497 e. The summed E-state index contributed by atoms with van der Waals surface area (Å²) < 4.78 is 33.3. The molecular formula is C25H26N2O6S. The zero-order valence-electron chi connectivity index (χ0n) is 18.7. The van der Waals surface area contributed by atoms with Crippen LogP contribution in [0.3, 0.4) is 0 Å². The van der Waals surface area contributed by atoms with Crippen molar-refractivity contribution in [3.63, 3.8) is 0 Å². The van der Waals surface area contributed by atoms with E-state index in [4.69, 9.17) is 9.84 Å². The molecule has 0 heterocycles. The number of carboxylic acid groups (broad SMARTS) is 1. The summed E-state index contributed by atoms with van der Waals surface area (Å²) >= 11 is 0. The van der Waals surface area contributed by atoms with E-state index in [1.54, 1.807) is 37.4 Å². The summed E-state index contributed by atoms with van der Waals surface area (Å²) in [5.74, 6) is -0.558. The first-order valence-corrected chi connectivity index (χ1v) is 12.1. The van der Waals surface area contributed by atoms with Gasteiger partial charge in [0, 0.05) is 13.0 Å². The molecule has 0 aliphatic carbocycles. The summed E-state index contributed by atoms with van der Waals surface area (Å²) in [5, 5.41) is 11.6. The molecule has 3 aromatic rings. The number of carbonyl (C=O) groups excluding carboxylic acids is 1. The molecular weight excluding hydrogens is 456 g/mol. The quantitative estimate of drug-likeness (QED) is 0.385. The third-order valence-electron chi connectivity index (χ3n) is 5.14. The highest BCUT2D eigenvalue weighted by molar-refractivity contribution is 7.92. The molecule has 178 valence electrons. The van der Waals surface area contributed by atoms with Gasteiger partial charge in [-0.1, -0.05) is 36.4 Å². The summed E-state index contributed by atoms with van der Waals surface area (Å²) in [5.41, 5.74) is 2.12. The molecule has 1 amide bonds. The number of nitrogens with one attached hydrogen (secondary N) is 2. The van der Waals surface area contributed by atoms with Crippen molar-refractivity contribution in [3.05, 3.63) is 89.5 Å². The van der Waals surface area contributed by atoms with Gasteiger partial charge in [-0.3, -0.25) is 14.3 Å². The van der Waals surface area contributed by atoms with E-state index in [2.05, 4.69) is 10.0 Å². The van der Waals surface area contributed by atoms with E-state index in [1.165, 1.54) is 18.2 Å². The Morgan fingerprint density at radius 1 is 0.882 bits per heavy atom. The number of amides is 1. The standard InChI is InChI=1S/C25H26N2O6S/c1-33-20-11-6-19(7-12-20)16-17-26-25(30)22-4-2-3-5-23(22)27-34(31,32)21-13-8-18(9-14-21)10-15-24(28)29/h2-9,11-14,27H,10,15-17H2,1H3,(H,26,30)(H,28,29). The van der Waals surface area contributed by atoms with Crippen LogP contribution >= 0.6 is 0 Å². The van der Waals surface area contributed by atoms with Gasteiger partial charge in [0.05, 0.1) is 23.3 Å². The Morgan fingerprint density at radius 3 is 2.15 bits per heavy atom. The lowest BCUT2D eigenvalue weighted by molar-refractivity contribution is -0.136. The lowest BCUT2D eigenvalue weighted by Crippen LogP contribution is -2.27. The fourth-order valence-corrected chi connectivity index (χ4v) is 4.35. The van der Waals surface area contributed by atoms with Crippen molar-refractivity contribution in [2.24, 2.45) is 0 Å². The molecule has 0 aromatic heterocycles. The molecule has 0 atom stereocenters. The number of carbonyl (C=O) groups is 2. The van der Waals surface area contributed by atoms with Crippen molar-refractivity contribution < 1.29 is 27.9 Å². The molecule has 9 heteroatoms. The van der Waals surface area contributed by atoms with Crippen LogP contribution < -0.4 is 14.8 Å². The second-order valence-corrected chi connectivity index (χ2v) is 9.23. The van der Waals surface area contributed by atoms with Gasteiger partial charge in [0.25, 0.3) is 15.9 Å². The predicted molar refractivity (Wildman–Crippen MR) is 129 cm³/mol. The summed E-state index contributed by atoms with van der Waals surface area (Å²) in [4.78, 5) is 23.5. The SMILES string of the molecule is COc1ccc(CCNC(=O)c2ccccc2NS(=O)(=O)c2ccc(CCC(=O)O)cc2)cc1. The molecule has 3 N–H and O–H groups in total. The summed E-state index contributed by atoms with van der Waals surface area (Å²) in [6, 6.07) is 19.9. The zero-order valence-corrected chi connectivity index (χ0v) is 19.5. The van der Waals surface area contributed by atoms with Crippen LogP contribution in [0, 0.1) is 0 Å². The Hall–Kier alpha value is -3.85. The van der Waals surface area contributed by atoms with E-state index in [0.29, 0.717) is 19.4 Å². The van der Waals surface area contributed by atoms with E-state index in [9.17, 15) is 18.0 Å². The Labute approximate surface area is 198 Å². The van der Waals surface area contributed by atoms with Crippen LogP contribution in [0.15, 0.2) is 77.7 Å². The lowest BCUT2D eigenvalue weighted by Gasteiger charge is -2.13. The van der Waals surface area contributed by atoms with Crippen molar-refractivity contribution in [1.29, 1.82) is 0 Å². The monoisotopic (exact) mass is 482 g/mol. The first kappa shape index (κ1) is 24.8. The predicted octanol–water partition coefficient (Wildman–Crippen LogP) is 3.49. The molecule has 0 fully saturated rings. The first-order chi connectivity index (χ1) is 16.3. The molecule has 0 aliphatic rings. The van der Waals surface area contributed by atoms with Gasteiger partial charge in [-0.2, -0.15) is 0 Å². The van der Waals surface area contributed by atoms with Crippen LogP contribution in [0.25, 0.3) is 0 Å². The number of ether oxygens (including phenoxy) is 1. The van der Waals surface area contributed by atoms with Gasteiger partial charge in [-0.15, -0.1) is 0 Å². The highest BCUT2D eigenvalue weighted by Crippen LogP contribution is 2.21. The summed E-state index contributed by atoms with van der Waals surface area (Å²) in [6.07, 6.45) is 0.881. The first-order valence-electron chi connectivity index (χ1n) is 10.6.